The monoisotopic (exact) mass is 421 g/mol. The Kier molecular flexibility index (Phi) is 6.59. The van der Waals surface area contributed by atoms with E-state index in [1.165, 1.54) is 18.3 Å². The number of pyridine rings is 1. The minimum atomic E-state index is -4.48. The van der Waals surface area contributed by atoms with Gasteiger partial charge in [0.15, 0.2) is 0 Å². The molecule has 0 aliphatic carbocycles. The first-order valence-corrected chi connectivity index (χ1v) is 9.64. The summed E-state index contributed by atoms with van der Waals surface area (Å²) in [4.78, 5) is 30.8. The SMILES string of the molecule is CCOC(=O)C1CCCN(C(=O)c2cccnc2Nc2cccc(C(F)(F)F)c2)C1. The van der Waals surface area contributed by atoms with Crippen molar-refractivity contribution in [2.75, 3.05) is 25.0 Å². The molecule has 2 aromatic rings. The zero-order valence-electron chi connectivity index (χ0n) is 16.4. The van der Waals surface area contributed by atoms with Crippen LogP contribution < -0.4 is 5.32 Å². The number of halogens is 3. The van der Waals surface area contributed by atoms with Gasteiger partial charge in [-0.1, -0.05) is 6.07 Å². The molecule has 9 heteroatoms. The van der Waals surface area contributed by atoms with Crippen molar-refractivity contribution >= 4 is 23.4 Å². The average molecular weight is 421 g/mol. The second-order valence-electron chi connectivity index (χ2n) is 6.95. The van der Waals surface area contributed by atoms with Crippen LogP contribution in [0, 0.1) is 5.92 Å². The van der Waals surface area contributed by atoms with Crippen molar-refractivity contribution in [3.05, 3.63) is 53.7 Å². The van der Waals surface area contributed by atoms with Crippen LogP contribution in [0.3, 0.4) is 0 Å². The molecule has 2 heterocycles. The number of benzene rings is 1. The lowest BCUT2D eigenvalue weighted by Crippen LogP contribution is -2.43. The van der Waals surface area contributed by atoms with Gasteiger partial charge in [0.2, 0.25) is 0 Å². The van der Waals surface area contributed by atoms with E-state index < -0.39 is 11.7 Å². The Bertz CT molecular complexity index is 918. The molecule has 1 aliphatic heterocycles. The van der Waals surface area contributed by atoms with Crippen molar-refractivity contribution in [3.8, 4) is 0 Å². The fourth-order valence-corrected chi connectivity index (χ4v) is 3.37. The van der Waals surface area contributed by atoms with Gasteiger partial charge in [-0.05, 0) is 50.1 Å². The van der Waals surface area contributed by atoms with E-state index in [1.807, 2.05) is 0 Å². The van der Waals surface area contributed by atoms with Crippen LogP contribution in [-0.4, -0.2) is 41.5 Å². The van der Waals surface area contributed by atoms with Gasteiger partial charge in [0, 0.05) is 25.0 Å². The van der Waals surface area contributed by atoms with E-state index in [2.05, 4.69) is 10.3 Å². The van der Waals surface area contributed by atoms with E-state index >= 15 is 0 Å². The summed E-state index contributed by atoms with van der Waals surface area (Å²) < 4.78 is 44.0. The predicted octanol–water partition coefficient (Wildman–Crippen LogP) is 4.26. The van der Waals surface area contributed by atoms with E-state index in [9.17, 15) is 22.8 Å². The molecular formula is C21H22F3N3O3. The van der Waals surface area contributed by atoms with Crippen molar-refractivity contribution in [3.63, 3.8) is 0 Å². The number of carbonyl (C=O) groups excluding carboxylic acids is 2. The van der Waals surface area contributed by atoms with Gasteiger partial charge in [0.1, 0.15) is 5.82 Å². The summed E-state index contributed by atoms with van der Waals surface area (Å²) in [7, 11) is 0. The molecule has 1 fully saturated rings. The number of nitrogens with zero attached hydrogens (tertiary/aromatic N) is 2. The van der Waals surface area contributed by atoms with Gasteiger partial charge in [-0.2, -0.15) is 13.2 Å². The zero-order chi connectivity index (χ0) is 21.7. The highest BCUT2D eigenvalue weighted by Crippen LogP contribution is 2.32. The maximum absolute atomic E-state index is 13.1. The lowest BCUT2D eigenvalue weighted by Gasteiger charge is -2.32. The van der Waals surface area contributed by atoms with Gasteiger partial charge in [0.05, 0.1) is 23.7 Å². The second-order valence-corrected chi connectivity index (χ2v) is 6.95. The first kappa shape index (κ1) is 21.6. The Morgan fingerprint density at radius 3 is 2.80 bits per heavy atom. The molecule has 1 aromatic heterocycles. The number of rotatable bonds is 5. The summed E-state index contributed by atoms with van der Waals surface area (Å²) in [6.45, 7) is 2.71. The third kappa shape index (κ3) is 5.08. The number of carbonyl (C=O) groups is 2. The molecule has 1 N–H and O–H groups in total. The molecule has 6 nitrogen and oxygen atoms in total. The molecule has 1 amide bonds. The fraction of sp³-hybridized carbons (Fsp3) is 0.381. The van der Waals surface area contributed by atoms with E-state index in [1.54, 1.807) is 24.0 Å². The van der Waals surface area contributed by atoms with Crippen LogP contribution in [0.5, 0.6) is 0 Å². The molecular weight excluding hydrogens is 399 g/mol. The third-order valence-corrected chi connectivity index (χ3v) is 4.82. The summed E-state index contributed by atoms with van der Waals surface area (Å²) >= 11 is 0. The number of ether oxygens (including phenoxy) is 1. The number of esters is 1. The van der Waals surface area contributed by atoms with E-state index in [4.69, 9.17) is 4.74 Å². The number of hydrogen-bond acceptors (Lipinski definition) is 5. The van der Waals surface area contributed by atoms with Crippen LogP contribution in [0.15, 0.2) is 42.6 Å². The Labute approximate surface area is 172 Å². The molecule has 1 aliphatic rings. The van der Waals surface area contributed by atoms with Crippen molar-refractivity contribution in [2.24, 2.45) is 5.92 Å². The largest absolute Gasteiger partial charge is 0.466 e. The molecule has 0 bridgehead atoms. The van der Waals surface area contributed by atoms with E-state index in [0.717, 1.165) is 12.1 Å². The molecule has 0 spiro atoms. The first-order chi connectivity index (χ1) is 14.3. The third-order valence-electron chi connectivity index (χ3n) is 4.82. The minimum Gasteiger partial charge on any atom is -0.466 e. The van der Waals surface area contributed by atoms with Crippen LogP contribution in [0.2, 0.25) is 0 Å². The first-order valence-electron chi connectivity index (χ1n) is 9.64. The number of aromatic nitrogens is 1. The van der Waals surface area contributed by atoms with Crippen molar-refractivity contribution in [1.29, 1.82) is 0 Å². The maximum atomic E-state index is 13.1. The summed E-state index contributed by atoms with van der Waals surface area (Å²) in [5.74, 6) is -0.908. The standard InChI is InChI=1S/C21H22F3N3O3/c1-2-30-20(29)14-6-5-11-27(13-14)19(28)17-9-4-10-25-18(17)26-16-8-3-7-15(12-16)21(22,23)24/h3-4,7-10,12,14H,2,5-6,11,13H2,1H3,(H,25,26). The van der Waals surface area contributed by atoms with Gasteiger partial charge >= 0.3 is 12.1 Å². The number of nitrogens with one attached hydrogen (secondary N) is 1. The highest BCUT2D eigenvalue weighted by molar-refractivity contribution is 5.99. The van der Waals surface area contributed by atoms with Crippen LogP contribution in [0.25, 0.3) is 0 Å². The second kappa shape index (κ2) is 9.15. The maximum Gasteiger partial charge on any atom is 0.416 e. The molecule has 30 heavy (non-hydrogen) atoms. The fourth-order valence-electron chi connectivity index (χ4n) is 3.37. The van der Waals surface area contributed by atoms with Crippen molar-refractivity contribution in [1.82, 2.24) is 9.88 Å². The quantitative estimate of drug-likeness (QED) is 0.731. The van der Waals surface area contributed by atoms with Gasteiger partial charge in [-0.3, -0.25) is 9.59 Å². The Morgan fingerprint density at radius 1 is 1.27 bits per heavy atom. The topological polar surface area (TPSA) is 71.5 Å². The molecule has 1 saturated heterocycles. The average Bonchev–Trinajstić information content (AvgIpc) is 2.73. The number of alkyl halides is 3. The molecule has 3 rings (SSSR count). The molecule has 1 aromatic carbocycles. The Hall–Kier alpha value is -3.10. The molecule has 0 saturated carbocycles. The Balaban J connectivity index is 1.80. The number of hydrogen-bond donors (Lipinski definition) is 1. The van der Waals surface area contributed by atoms with E-state index in [-0.39, 0.29) is 48.0 Å². The van der Waals surface area contributed by atoms with Crippen LogP contribution >= 0.6 is 0 Å². The normalized spacial score (nSPS) is 16.8. The highest BCUT2D eigenvalue weighted by Gasteiger charge is 2.32. The predicted molar refractivity (Wildman–Crippen MR) is 104 cm³/mol. The molecule has 0 radical (unpaired) electrons. The number of amides is 1. The molecule has 1 unspecified atom stereocenters. The molecule has 160 valence electrons. The summed E-state index contributed by atoms with van der Waals surface area (Å²) in [5.41, 5.74) is -0.412. The zero-order valence-corrected chi connectivity index (χ0v) is 16.4. The number of piperidine rings is 1. The van der Waals surface area contributed by atoms with Crippen molar-refractivity contribution in [2.45, 2.75) is 25.9 Å². The molecule has 1 atom stereocenters. The van der Waals surface area contributed by atoms with Crippen LogP contribution in [-0.2, 0) is 15.7 Å². The smallest absolute Gasteiger partial charge is 0.416 e. The van der Waals surface area contributed by atoms with Gasteiger partial charge in [-0.15, -0.1) is 0 Å². The van der Waals surface area contributed by atoms with Crippen molar-refractivity contribution < 1.29 is 27.5 Å². The van der Waals surface area contributed by atoms with Gasteiger partial charge in [-0.25, -0.2) is 4.98 Å². The summed E-state index contributed by atoms with van der Waals surface area (Å²) in [6.07, 6.45) is -1.72. The van der Waals surface area contributed by atoms with E-state index in [0.29, 0.717) is 19.4 Å². The Morgan fingerprint density at radius 2 is 2.07 bits per heavy atom. The van der Waals surface area contributed by atoms with Crippen LogP contribution in [0.1, 0.15) is 35.7 Å². The van der Waals surface area contributed by atoms with Crippen LogP contribution in [0.4, 0.5) is 24.7 Å². The minimum absolute atomic E-state index is 0.153. The summed E-state index contributed by atoms with van der Waals surface area (Å²) in [5, 5.41) is 2.81. The number of anilines is 2. The van der Waals surface area contributed by atoms with Gasteiger partial charge in [0.25, 0.3) is 5.91 Å². The van der Waals surface area contributed by atoms with Gasteiger partial charge < -0.3 is 15.0 Å². The lowest BCUT2D eigenvalue weighted by atomic mass is 9.97. The summed E-state index contributed by atoms with van der Waals surface area (Å²) in [6, 6.07) is 7.82. The lowest BCUT2D eigenvalue weighted by molar-refractivity contribution is -0.149. The number of likely N-dealkylation sites (tertiary alicyclic amines) is 1. The highest BCUT2D eigenvalue weighted by atomic mass is 19.4.